The highest BCUT2D eigenvalue weighted by molar-refractivity contribution is 5.76. The van der Waals surface area contributed by atoms with Crippen molar-refractivity contribution in [2.45, 2.75) is 212 Å². The molecule has 0 aromatic rings. The first-order valence-electron chi connectivity index (χ1n) is 20.4. The molecule has 0 saturated carbocycles. The predicted molar refractivity (Wildman–Crippen MR) is 208 cm³/mol. The molecule has 0 aromatic carbocycles. The third kappa shape index (κ3) is 32.8. The van der Waals surface area contributed by atoms with Crippen molar-refractivity contribution in [1.29, 1.82) is 0 Å². The van der Waals surface area contributed by atoms with Gasteiger partial charge in [0.05, 0.1) is 18.8 Å². The lowest BCUT2D eigenvalue weighted by atomic mass is 10.0. The first-order valence-corrected chi connectivity index (χ1v) is 20.4. The monoisotopic (exact) mass is 674 g/mol. The Kier molecular flexibility index (Phi) is 36.8. The number of nitrogens with one attached hydrogen (secondary N) is 1. The van der Waals surface area contributed by atoms with E-state index in [0.29, 0.717) is 12.8 Å². The lowest BCUT2D eigenvalue weighted by molar-refractivity contribution is -0.124. The van der Waals surface area contributed by atoms with Crippen LogP contribution in [0.4, 0.5) is 0 Å². The van der Waals surface area contributed by atoms with Crippen LogP contribution < -0.4 is 5.32 Å². The second-order valence-corrected chi connectivity index (χ2v) is 13.8. The van der Waals surface area contributed by atoms with Gasteiger partial charge in [0.2, 0.25) is 5.91 Å². The minimum Gasteiger partial charge on any atom is -0.394 e. The molecule has 0 heterocycles. The van der Waals surface area contributed by atoms with E-state index in [1.165, 1.54) is 109 Å². The van der Waals surface area contributed by atoms with Crippen LogP contribution in [-0.4, -0.2) is 46.1 Å². The summed E-state index contributed by atoms with van der Waals surface area (Å²) in [5, 5.41) is 33.4. The van der Waals surface area contributed by atoms with Crippen LogP contribution in [0.25, 0.3) is 0 Å². The van der Waals surface area contributed by atoms with Gasteiger partial charge in [0.25, 0.3) is 0 Å². The highest BCUT2D eigenvalue weighted by Crippen LogP contribution is 2.15. The van der Waals surface area contributed by atoms with E-state index in [-0.39, 0.29) is 12.5 Å². The average molecular weight is 674 g/mol. The molecule has 0 saturated heterocycles. The van der Waals surface area contributed by atoms with Gasteiger partial charge in [0.15, 0.2) is 0 Å². The Hall–Kier alpha value is -1.69. The lowest BCUT2D eigenvalue weighted by Gasteiger charge is -2.26. The molecule has 0 aliphatic heterocycles. The molecule has 280 valence electrons. The normalized spacial score (nSPS) is 14.2. The molecule has 3 unspecified atom stereocenters. The van der Waals surface area contributed by atoms with Gasteiger partial charge in [-0.1, -0.05) is 159 Å². The van der Waals surface area contributed by atoms with Crippen LogP contribution in [0.3, 0.4) is 0 Å². The lowest BCUT2D eigenvalue weighted by Crippen LogP contribution is -2.50. The fourth-order valence-electron chi connectivity index (χ4n) is 5.98. The third-order valence-corrected chi connectivity index (χ3v) is 9.14. The van der Waals surface area contributed by atoms with E-state index in [1.54, 1.807) is 0 Å². The summed E-state index contributed by atoms with van der Waals surface area (Å²) in [6.07, 6.45) is 47.9. The van der Waals surface area contributed by atoms with Gasteiger partial charge in [-0.05, 0) is 77.0 Å². The summed E-state index contributed by atoms with van der Waals surface area (Å²) in [5.74, 6) is -0.162. The summed E-state index contributed by atoms with van der Waals surface area (Å²) < 4.78 is 0. The fourth-order valence-corrected chi connectivity index (χ4v) is 5.98. The second-order valence-electron chi connectivity index (χ2n) is 13.8. The van der Waals surface area contributed by atoms with E-state index in [4.69, 9.17) is 0 Å². The minimum atomic E-state index is -1.17. The molecule has 0 aliphatic rings. The van der Waals surface area contributed by atoms with Crippen LogP contribution in [0.1, 0.15) is 194 Å². The predicted octanol–water partition coefficient (Wildman–Crippen LogP) is 11.4. The molecular weight excluding hydrogens is 594 g/mol. The van der Waals surface area contributed by atoms with Crippen molar-refractivity contribution in [2.24, 2.45) is 0 Å². The number of unbranched alkanes of at least 4 members (excludes halogenated alkanes) is 20. The van der Waals surface area contributed by atoms with Crippen molar-refractivity contribution in [1.82, 2.24) is 5.32 Å². The van der Waals surface area contributed by atoms with E-state index in [9.17, 15) is 20.1 Å². The number of carbonyl (C=O) groups is 1. The number of allylic oxidation sites excluding steroid dienone is 8. The number of amides is 1. The van der Waals surface area contributed by atoms with Crippen molar-refractivity contribution < 1.29 is 20.1 Å². The van der Waals surface area contributed by atoms with Crippen molar-refractivity contribution >= 4 is 5.91 Å². The summed E-state index contributed by atoms with van der Waals surface area (Å²) in [6.45, 7) is 4.03. The molecule has 4 N–H and O–H groups in total. The van der Waals surface area contributed by atoms with Crippen LogP contribution in [0.15, 0.2) is 48.6 Å². The minimum absolute atomic E-state index is 0.162. The number of aliphatic hydroxyl groups excluding tert-OH is 3. The number of aliphatic hydroxyl groups is 3. The van der Waals surface area contributed by atoms with E-state index in [1.807, 2.05) is 0 Å². The zero-order valence-electron chi connectivity index (χ0n) is 31.6. The van der Waals surface area contributed by atoms with Crippen LogP contribution in [0, 0.1) is 0 Å². The first kappa shape index (κ1) is 46.3. The smallest absolute Gasteiger partial charge is 0.220 e. The molecule has 0 fully saturated rings. The molecule has 5 heteroatoms. The molecule has 0 rings (SSSR count). The maximum Gasteiger partial charge on any atom is 0.220 e. The van der Waals surface area contributed by atoms with Crippen molar-refractivity contribution in [3.63, 3.8) is 0 Å². The molecular formula is C43H79NO4. The van der Waals surface area contributed by atoms with Gasteiger partial charge in [-0.2, -0.15) is 0 Å². The van der Waals surface area contributed by atoms with E-state index >= 15 is 0 Å². The Morgan fingerprint density at radius 3 is 1.50 bits per heavy atom. The molecule has 0 bridgehead atoms. The Morgan fingerprint density at radius 1 is 0.542 bits per heavy atom. The topological polar surface area (TPSA) is 89.8 Å². The second kappa shape index (κ2) is 38.1. The molecule has 0 aromatic heterocycles. The molecule has 0 spiro atoms. The maximum absolute atomic E-state index is 12.4. The average Bonchev–Trinajstić information content (AvgIpc) is 3.09. The van der Waals surface area contributed by atoms with Gasteiger partial charge in [-0.15, -0.1) is 0 Å². The van der Waals surface area contributed by atoms with Crippen LogP contribution in [0.2, 0.25) is 0 Å². The van der Waals surface area contributed by atoms with Crippen molar-refractivity contribution in [3.05, 3.63) is 48.6 Å². The third-order valence-electron chi connectivity index (χ3n) is 9.14. The van der Waals surface area contributed by atoms with Crippen molar-refractivity contribution in [3.8, 4) is 0 Å². The molecule has 1 amide bonds. The Labute approximate surface area is 297 Å². The maximum atomic E-state index is 12.4. The SMILES string of the molecule is CC/C=C\C/C=C\CCCCCCCCCCCCCCCCC(=O)NC(CO)C(O)C(O)CCC/C=C/CC/C=C/CCCCCC. The van der Waals surface area contributed by atoms with E-state index in [2.05, 4.69) is 67.8 Å². The van der Waals surface area contributed by atoms with Crippen LogP contribution >= 0.6 is 0 Å². The van der Waals surface area contributed by atoms with Gasteiger partial charge in [0.1, 0.15) is 6.10 Å². The van der Waals surface area contributed by atoms with Crippen LogP contribution in [-0.2, 0) is 4.79 Å². The first-order chi connectivity index (χ1) is 23.6. The van der Waals surface area contributed by atoms with Gasteiger partial charge < -0.3 is 20.6 Å². The Balaban J connectivity index is 3.67. The largest absolute Gasteiger partial charge is 0.394 e. The van der Waals surface area contributed by atoms with Crippen molar-refractivity contribution in [2.75, 3.05) is 6.61 Å². The highest BCUT2D eigenvalue weighted by Gasteiger charge is 2.26. The summed E-state index contributed by atoms with van der Waals surface area (Å²) in [6, 6.07) is -0.831. The van der Waals surface area contributed by atoms with Gasteiger partial charge in [-0.25, -0.2) is 0 Å². The summed E-state index contributed by atoms with van der Waals surface area (Å²) in [5.41, 5.74) is 0. The summed E-state index contributed by atoms with van der Waals surface area (Å²) >= 11 is 0. The number of hydrogen-bond acceptors (Lipinski definition) is 4. The molecule has 48 heavy (non-hydrogen) atoms. The standard InChI is InChI=1S/C43H79NO4/c1-3-5-7-9-11-13-15-17-18-19-20-21-22-23-24-26-28-30-32-34-36-38-42(47)44-40(39-45)43(48)41(46)37-35-33-31-29-27-25-16-14-12-10-8-6-4-2/h5,7,11,13-14,16,29,31,40-41,43,45-46,48H,3-4,6,8-10,12,15,17-28,30,32-39H2,1-2H3,(H,44,47)/b7-5-,13-11-,16-14+,31-29+. The van der Waals surface area contributed by atoms with E-state index in [0.717, 1.165) is 57.8 Å². The molecule has 0 radical (unpaired) electrons. The zero-order chi connectivity index (χ0) is 35.2. The summed E-state index contributed by atoms with van der Waals surface area (Å²) in [4.78, 5) is 12.4. The van der Waals surface area contributed by atoms with Gasteiger partial charge >= 0.3 is 0 Å². The number of carbonyl (C=O) groups excluding carboxylic acids is 1. The van der Waals surface area contributed by atoms with Crippen LogP contribution in [0.5, 0.6) is 0 Å². The quantitative estimate of drug-likeness (QED) is 0.0393. The van der Waals surface area contributed by atoms with Gasteiger partial charge in [0, 0.05) is 6.42 Å². The number of hydrogen-bond donors (Lipinski definition) is 4. The Morgan fingerprint density at radius 2 is 0.979 bits per heavy atom. The molecule has 0 aliphatic carbocycles. The fraction of sp³-hybridized carbons (Fsp3) is 0.791. The highest BCUT2D eigenvalue weighted by atomic mass is 16.3. The Bertz CT molecular complexity index is 790. The van der Waals surface area contributed by atoms with Gasteiger partial charge in [-0.3, -0.25) is 4.79 Å². The molecule has 3 atom stereocenters. The van der Waals surface area contributed by atoms with E-state index < -0.39 is 18.2 Å². The molecule has 5 nitrogen and oxygen atoms in total. The number of rotatable bonds is 36. The zero-order valence-corrected chi connectivity index (χ0v) is 31.6. The summed E-state index contributed by atoms with van der Waals surface area (Å²) in [7, 11) is 0.